The monoisotopic (exact) mass is 666 g/mol. The van der Waals surface area contributed by atoms with Gasteiger partial charge in [0.2, 0.25) is 0 Å². The lowest BCUT2D eigenvalue weighted by molar-refractivity contribution is -0.137. The van der Waals surface area contributed by atoms with Crippen molar-refractivity contribution in [1.82, 2.24) is 9.13 Å². The van der Waals surface area contributed by atoms with Gasteiger partial charge in [0.1, 0.15) is 0 Å². The van der Waals surface area contributed by atoms with Crippen molar-refractivity contribution in [2.45, 2.75) is 13.1 Å². The fraction of sp³-hybridized carbons (Fsp3) is 0.0476. The standard InChI is InChI=1S/C42H21F3N6/c1-24-4-9-29(50-38-12-5-25(22-46)16-33(38)34-17-26(23-47)6-13-39(34)50)20-31(24)32-21-30(10-11-37(32)42(43,44)45)51-40-14-7-27(48-2)18-35(40)36-19-28(49-3)8-15-41(36)51/h4-21H,1H3. The van der Waals surface area contributed by atoms with Gasteiger partial charge in [0.15, 0.2) is 11.4 Å². The fourth-order valence-electron chi connectivity index (χ4n) is 7.04. The second kappa shape index (κ2) is 11.4. The number of aromatic nitrogens is 2. The highest BCUT2D eigenvalue weighted by molar-refractivity contribution is 6.12. The Balaban J connectivity index is 1.40. The second-order valence-electron chi connectivity index (χ2n) is 12.2. The molecule has 0 saturated carbocycles. The largest absolute Gasteiger partial charge is 0.417 e. The Kier molecular flexibility index (Phi) is 6.91. The minimum atomic E-state index is -4.67. The molecule has 0 amide bonds. The molecule has 0 bridgehead atoms. The topological polar surface area (TPSA) is 66.2 Å². The zero-order valence-corrected chi connectivity index (χ0v) is 26.7. The first-order chi connectivity index (χ1) is 24.6. The van der Waals surface area contributed by atoms with Crippen LogP contribution >= 0.6 is 0 Å². The van der Waals surface area contributed by atoms with E-state index in [0.717, 1.165) is 27.9 Å². The summed E-state index contributed by atoms with van der Waals surface area (Å²) >= 11 is 0. The fourth-order valence-corrected chi connectivity index (χ4v) is 7.04. The van der Waals surface area contributed by atoms with E-state index in [-0.39, 0.29) is 5.56 Å². The van der Waals surface area contributed by atoms with Gasteiger partial charge in [0, 0.05) is 22.1 Å². The maximum Gasteiger partial charge on any atom is 0.417 e. The van der Waals surface area contributed by atoms with Crippen LogP contribution in [-0.2, 0) is 6.18 Å². The molecule has 2 heterocycles. The van der Waals surface area contributed by atoms with E-state index in [4.69, 9.17) is 13.1 Å². The van der Waals surface area contributed by atoms with Crippen molar-refractivity contribution in [2.75, 3.05) is 0 Å². The smallest absolute Gasteiger partial charge is 0.309 e. The van der Waals surface area contributed by atoms with Crippen LogP contribution in [0.4, 0.5) is 24.5 Å². The lowest BCUT2D eigenvalue weighted by atomic mass is 9.94. The molecular weight excluding hydrogens is 645 g/mol. The highest BCUT2D eigenvalue weighted by Gasteiger charge is 2.34. The molecule has 6 aromatic carbocycles. The third kappa shape index (κ3) is 4.85. The molecule has 0 aliphatic carbocycles. The van der Waals surface area contributed by atoms with Crippen molar-refractivity contribution < 1.29 is 13.2 Å². The Bertz CT molecular complexity index is 2830. The molecule has 0 spiro atoms. The predicted molar refractivity (Wildman–Crippen MR) is 192 cm³/mol. The maximum absolute atomic E-state index is 14.8. The van der Waals surface area contributed by atoms with Crippen LogP contribution in [0.25, 0.3) is 75.8 Å². The first kappa shape index (κ1) is 31.0. The molecule has 6 nitrogen and oxygen atoms in total. The van der Waals surface area contributed by atoms with E-state index < -0.39 is 11.7 Å². The molecule has 0 saturated heterocycles. The first-order valence-corrected chi connectivity index (χ1v) is 15.7. The summed E-state index contributed by atoms with van der Waals surface area (Å²) in [5, 5.41) is 22.1. The molecule has 240 valence electrons. The van der Waals surface area contributed by atoms with Crippen molar-refractivity contribution in [3.05, 3.63) is 154 Å². The predicted octanol–water partition coefficient (Wildman–Crippen LogP) is 11.7. The van der Waals surface area contributed by atoms with E-state index in [0.29, 0.717) is 66.8 Å². The molecule has 0 unspecified atom stereocenters. The van der Waals surface area contributed by atoms with Crippen molar-refractivity contribution in [3.8, 4) is 34.6 Å². The number of hydrogen-bond acceptors (Lipinski definition) is 2. The van der Waals surface area contributed by atoms with Gasteiger partial charge in [-0.25, -0.2) is 9.69 Å². The Labute approximate surface area is 289 Å². The minimum absolute atomic E-state index is 0.00999. The maximum atomic E-state index is 14.8. The average molecular weight is 667 g/mol. The molecular formula is C42H21F3N6. The Hall–Kier alpha value is -7.33. The van der Waals surface area contributed by atoms with Crippen LogP contribution < -0.4 is 0 Å². The van der Waals surface area contributed by atoms with Crippen molar-refractivity contribution in [2.24, 2.45) is 0 Å². The summed E-state index contributed by atoms with van der Waals surface area (Å²) in [7, 11) is 0. The highest BCUT2D eigenvalue weighted by Crippen LogP contribution is 2.43. The van der Waals surface area contributed by atoms with E-state index in [2.05, 4.69) is 21.8 Å². The van der Waals surface area contributed by atoms with Crippen LogP contribution in [0.1, 0.15) is 22.3 Å². The van der Waals surface area contributed by atoms with E-state index in [1.807, 2.05) is 27.3 Å². The lowest BCUT2D eigenvalue weighted by Gasteiger charge is -2.19. The van der Waals surface area contributed by atoms with Crippen molar-refractivity contribution in [1.29, 1.82) is 10.5 Å². The van der Waals surface area contributed by atoms with E-state index in [1.165, 1.54) is 6.07 Å². The molecule has 9 heteroatoms. The molecule has 0 aliphatic rings. The van der Waals surface area contributed by atoms with Gasteiger partial charge in [0.25, 0.3) is 0 Å². The number of nitrogens with zero attached hydrogens (tertiary/aromatic N) is 6. The summed E-state index contributed by atoms with van der Waals surface area (Å²) in [4.78, 5) is 7.13. The van der Waals surface area contributed by atoms with Crippen LogP contribution in [0.2, 0.25) is 0 Å². The first-order valence-electron chi connectivity index (χ1n) is 15.7. The summed E-state index contributed by atoms with van der Waals surface area (Å²) in [6, 6.07) is 34.7. The molecule has 0 atom stereocenters. The van der Waals surface area contributed by atoms with Crippen LogP contribution in [0.3, 0.4) is 0 Å². The van der Waals surface area contributed by atoms with Gasteiger partial charge < -0.3 is 9.13 Å². The Morgan fingerprint density at radius 1 is 0.549 bits per heavy atom. The van der Waals surface area contributed by atoms with Gasteiger partial charge >= 0.3 is 6.18 Å². The third-order valence-electron chi connectivity index (χ3n) is 9.35. The Morgan fingerprint density at radius 2 is 0.980 bits per heavy atom. The molecule has 51 heavy (non-hydrogen) atoms. The van der Waals surface area contributed by atoms with Crippen LogP contribution in [-0.4, -0.2) is 9.13 Å². The van der Waals surface area contributed by atoms with Gasteiger partial charge in [-0.05, 0) is 125 Å². The van der Waals surface area contributed by atoms with E-state index in [1.54, 1.807) is 85.8 Å². The van der Waals surface area contributed by atoms with E-state index in [9.17, 15) is 23.7 Å². The summed E-state index contributed by atoms with van der Waals surface area (Å²) in [6.07, 6.45) is -4.67. The highest BCUT2D eigenvalue weighted by atomic mass is 19.4. The van der Waals surface area contributed by atoms with Crippen molar-refractivity contribution >= 4 is 55.0 Å². The molecule has 0 fully saturated rings. The molecule has 8 aromatic rings. The summed E-state index contributed by atoms with van der Waals surface area (Å²) in [5.74, 6) is 0. The van der Waals surface area contributed by atoms with Gasteiger partial charge in [-0.3, -0.25) is 0 Å². The minimum Gasteiger partial charge on any atom is -0.309 e. The number of alkyl halides is 3. The van der Waals surface area contributed by atoms with Gasteiger partial charge in [-0.15, -0.1) is 0 Å². The number of fused-ring (bicyclic) bond motifs is 6. The third-order valence-corrected chi connectivity index (χ3v) is 9.35. The van der Waals surface area contributed by atoms with E-state index >= 15 is 0 Å². The number of halogens is 3. The SMILES string of the molecule is [C-]#[N+]c1ccc2c(c1)c1cc([N+]#[C-])ccc1n2-c1ccc(C(F)(F)F)c(-c2cc(-n3c4ccc(C#N)cc4c4cc(C#N)ccc43)ccc2C)c1. The molecule has 0 aliphatic heterocycles. The molecule has 2 aromatic heterocycles. The average Bonchev–Trinajstić information content (AvgIpc) is 3.65. The summed E-state index contributed by atoms with van der Waals surface area (Å²) in [6.45, 7) is 16.8. The number of benzene rings is 6. The van der Waals surface area contributed by atoms with Crippen LogP contribution in [0.5, 0.6) is 0 Å². The van der Waals surface area contributed by atoms with Gasteiger partial charge in [-0.2, -0.15) is 23.7 Å². The zero-order valence-electron chi connectivity index (χ0n) is 26.7. The quantitative estimate of drug-likeness (QED) is 0.176. The van der Waals surface area contributed by atoms with Crippen LogP contribution in [0, 0.1) is 42.7 Å². The molecule has 0 N–H and O–H groups in total. The normalized spacial score (nSPS) is 11.5. The zero-order chi connectivity index (χ0) is 35.6. The van der Waals surface area contributed by atoms with Crippen molar-refractivity contribution in [3.63, 3.8) is 0 Å². The van der Waals surface area contributed by atoms with Gasteiger partial charge in [0.05, 0.1) is 64.0 Å². The second-order valence-corrected chi connectivity index (χ2v) is 12.2. The van der Waals surface area contributed by atoms with Crippen LogP contribution in [0.15, 0.2) is 109 Å². The Morgan fingerprint density at radius 3 is 1.43 bits per heavy atom. The number of hydrogen-bond donors (Lipinski definition) is 0. The summed E-state index contributed by atoms with van der Waals surface area (Å²) < 4.78 is 48.3. The number of nitriles is 2. The lowest BCUT2D eigenvalue weighted by Crippen LogP contribution is -2.09. The molecule has 0 radical (unpaired) electrons. The molecule has 8 rings (SSSR count). The van der Waals surface area contributed by atoms with Gasteiger partial charge in [-0.1, -0.05) is 18.2 Å². The summed E-state index contributed by atoms with van der Waals surface area (Å²) in [5.41, 5.74) is 5.87. The number of aryl methyl sites for hydroxylation is 1. The number of rotatable bonds is 3.